The zero-order chi connectivity index (χ0) is 11.8. The van der Waals surface area contributed by atoms with Crippen molar-refractivity contribution in [1.29, 1.82) is 0 Å². The number of benzene rings is 1. The van der Waals surface area contributed by atoms with E-state index in [1.165, 1.54) is 5.56 Å². The summed E-state index contributed by atoms with van der Waals surface area (Å²) in [6, 6.07) is 7.91. The predicted molar refractivity (Wildman–Crippen MR) is 65.4 cm³/mol. The maximum atomic E-state index is 10.9. The highest BCUT2D eigenvalue weighted by molar-refractivity contribution is 5.89. The number of fused-ring (bicyclic) bond motifs is 3. The summed E-state index contributed by atoms with van der Waals surface area (Å²) in [6.07, 6.45) is 3.79. The molecule has 2 aromatic rings. The third-order valence-electron chi connectivity index (χ3n) is 3.05. The van der Waals surface area contributed by atoms with E-state index < -0.39 is 5.97 Å². The van der Waals surface area contributed by atoms with Gasteiger partial charge in [-0.1, -0.05) is 18.2 Å². The molecule has 0 radical (unpaired) electrons. The van der Waals surface area contributed by atoms with Crippen LogP contribution in [0.2, 0.25) is 0 Å². The summed E-state index contributed by atoms with van der Waals surface area (Å²) in [5.41, 5.74) is 3.14. The van der Waals surface area contributed by atoms with E-state index in [1.54, 1.807) is 0 Å². The molecule has 1 aromatic carbocycles. The molecule has 1 aliphatic heterocycles. The van der Waals surface area contributed by atoms with Crippen molar-refractivity contribution in [3.05, 3.63) is 41.7 Å². The lowest BCUT2D eigenvalue weighted by atomic mass is 10.1. The molecule has 17 heavy (non-hydrogen) atoms. The first-order chi connectivity index (χ1) is 8.27. The van der Waals surface area contributed by atoms with Crippen LogP contribution in [0.4, 0.5) is 0 Å². The number of hydrogen-bond acceptors (Lipinski definition) is 2. The molecule has 0 saturated heterocycles. The van der Waals surface area contributed by atoms with Crippen LogP contribution in [0.1, 0.15) is 11.3 Å². The highest BCUT2D eigenvalue weighted by Gasteiger charge is 2.17. The van der Waals surface area contributed by atoms with Gasteiger partial charge in [0, 0.05) is 28.7 Å². The zero-order valence-electron chi connectivity index (χ0n) is 9.18. The average molecular weight is 228 g/mol. The summed E-state index contributed by atoms with van der Waals surface area (Å²) >= 11 is 0. The Labute approximate surface area is 98.2 Å². The van der Waals surface area contributed by atoms with E-state index in [4.69, 9.17) is 5.11 Å². The van der Waals surface area contributed by atoms with Crippen LogP contribution in [0.5, 0.6) is 0 Å². The van der Waals surface area contributed by atoms with E-state index in [2.05, 4.69) is 5.32 Å². The van der Waals surface area contributed by atoms with Crippen LogP contribution in [-0.2, 0) is 17.9 Å². The molecule has 2 heterocycles. The number of aliphatic carboxylic acids is 1. The van der Waals surface area contributed by atoms with Gasteiger partial charge in [-0.3, -0.25) is 4.79 Å². The number of nitrogens with zero attached hydrogens (tertiary/aromatic N) is 1. The molecule has 0 fully saturated rings. The molecule has 0 saturated carbocycles. The van der Waals surface area contributed by atoms with E-state index in [1.807, 2.05) is 41.1 Å². The number of rotatable bonds is 2. The molecule has 0 spiro atoms. The third kappa shape index (κ3) is 1.49. The number of carboxylic acid groups (broad SMARTS) is 1. The van der Waals surface area contributed by atoms with Crippen molar-refractivity contribution in [1.82, 2.24) is 9.88 Å². The normalized spacial score (nSPS) is 13.4. The van der Waals surface area contributed by atoms with Gasteiger partial charge in [-0.25, -0.2) is 0 Å². The van der Waals surface area contributed by atoms with Crippen LogP contribution in [0.15, 0.2) is 30.5 Å². The maximum absolute atomic E-state index is 10.9. The summed E-state index contributed by atoms with van der Waals surface area (Å²) in [4.78, 5) is 10.9. The molecule has 0 amide bonds. The summed E-state index contributed by atoms with van der Waals surface area (Å²) in [5.74, 6) is -0.819. The minimum atomic E-state index is -0.819. The Morgan fingerprint density at radius 3 is 3.06 bits per heavy atom. The fourth-order valence-electron chi connectivity index (χ4n) is 2.38. The van der Waals surface area contributed by atoms with E-state index in [-0.39, 0.29) is 6.54 Å². The Morgan fingerprint density at radius 1 is 1.41 bits per heavy atom. The largest absolute Gasteiger partial charge is 0.480 e. The minimum absolute atomic E-state index is 0.000185. The van der Waals surface area contributed by atoms with Gasteiger partial charge in [0.05, 0.1) is 0 Å². The Balaban J connectivity index is 2.32. The molecular formula is C13H12N2O2. The number of aromatic nitrogens is 1. The first-order valence-corrected chi connectivity index (χ1v) is 5.49. The zero-order valence-corrected chi connectivity index (χ0v) is 9.18. The minimum Gasteiger partial charge on any atom is -0.480 e. The van der Waals surface area contributed by atoms with Gasteiger partial charge in [-0.05, 0) is 18.3 Å². The van der Waals surface area contributed by atoms with Gasteiger partial charge in [0.25, 0.3) is 0 Å². The lowest BCUT2D eigenvalue weighted by Crippen LogP contribution is -2.14. The smallest absolute Gasteiger partial charge is 0.323 e. The second-order valence-corrected chi connectivity index (χ2v) is 4.08. The predicted octanol–water partition coefficient (Wildman–Crippen LogP) is 1.80. The third-order valence-corrected chi connectivity index (χ3v) is 3.05. The number of hydrogen-bond donors (Lipinski definition) is 2. The summed E-state index contributed by atoms with van der Waals surface area (Å²) in [5, 5.41) is 13.3. The van der Waals surface area contributed by atoms with Crippen molar-refractivity contribution in [2.45, 2.75) is 13.1 Å². The van der Waals surface area contributed by atoms with Gasteiger partial charge in [-0.15, -0.1) is 0 Å². The van der Waals surface area contributed by atoms with Crippen LogP contribution in [0, 0.1) is 0 Å². The number of para-hydroxylation sites is 1. The van der Waals surface area contributed by atoms with E-state index in [0.29, 0.717) is 0 Å². The van der Waals surface area contributed by atoms with Gasteiger partial charge in [0.15, 0.2) is 0 Å². The molecule has 1 aromatic heterocycles. The van der Waals surface area contributed by atoms with E-state index >= 15 is 0 Å². The van der Waals surface area contributed by atoms with E-state index in [0.717, 1.165) is 23.1 Å². The lowest BCUT2D eigenvalue weighted by molar-refractivity contribution is -0.137. The molecule has 0 atom stereocenters. The van der Waals surface area contributed by atoms with Crippen molar-refractivity contribution in [3.8, 4) is 0 Å². The molecule has 0 bridgehead atoms. The van der Waals surface area contributed by atoms with Gasteiger partial charge in [0.1, 0.15) is 6.54 Å². The van der Waals surface area contributed by atoms with E-state index in [9.17, 15) is 4.79 Å². The van der Waals surface area contributed by atoms with Crippen LogP contribution < -0.4 is 5.32 Å². The van der Waals surface area contributed by atoms with Crippen LogP contribution in [-0.4, -0.2) is 15.6 Å². The monoisotopic (exact) mass is 228 g/mol. The van der Waals surface area contributed by atoms with Crippen LogP contribution in [0.25, 0.3) is 17.0 Å². The SMILES string of the molecule is O=C(O)Cn1c2c(c3ccccc31)CNC=C2. The Hall–Kier alpha value is -2.23. The number of carbonyl (C=O) groups is 1. The van der Waals surface area contributed by atoms with Gasteiger partial charge >= 0.3 is 5.97 Å². The van der Waals surface area contributed by atoms with Crippen LogP contribution >= 0.6 is 0 Å². The molecule has 0 unspecified atom stereocenters. The number of carboxylic acids is 1. The van der Waals surface area contributed by atoms with Gasteiger partial charge in [-0.2, -0.15) is 0 Å². The first-order valence-electron chi connectivity index (χ1n) is 5.49. The highest BCUT2D eigenvalue weighted by atomic mass is 16.4. The summed E-state index contributed by atoms with van der Waals surface area (Å²) in [7, 11) is 0. The topological polar surface area (TPSA) is 54.3 Å². The van der Waals surface area contributed by atoms with Crippen molar-refractivity contribution in [2.75, 3.05) is 0 Å². The Morgan fingerprint density at radius 2 is 2.24 bits per heavy atom. The Bertz CT molecular complexity index is 626. The molecule has 86 valence electrons. The van der Waals surface area contributed by atoms with Gasteiger partial charge in [0.2, 0.25) is 0 Å². The maximum Gasteiger partial charge on any atom is 0.323 e. The lowest BCUT2D eigenvalue weighted by Gasteiger charge is -2.10. The number of nitrogens with one attached hydrogen (secondary N) is 1. The van der Waals surface area contributed by atoms with Gasteiger partial charge < -0.3 is 15.0 Å². The second-order valence-electron chi connectivity index (χ2n) is 4.08. The average Bonchev–Trinajstić information content (AvgIpc) is 2.65. The standard InChI is InChI=1S/C13H12N2O2/c16-13(17)8-15-11-4-2-1-3-9(11)10-7-14-6-5-12(10)15/h1-6,14H,7-8H2,(H,16,17). The van der Waals surface area contributed by atoms with Crippen molar-refractivity contribution in [2.24, 2.45) is 0 Å². The molecule has 4 nitrogen and oxygen atoms in total. The molecule has 4 heteroatoms. The molecule has 3 rings (SSSR count). The Kier molecular flexibility index (Phi) is 2.14. The van der Waals surface area contributed by atoms with Crippen molar-refractivity contribution in [3.63, 3.8) is 0 Å². The molecule has 1 aliphatic rings. The molecule has 0 aliphatic carbocycles. The quantitative estimate of drug-likeness (QED) is 0.824. The van der Waals surface area contributed by atoms with Crippen molar-refractivity contribution >= 4 is 22.9 Å². The molecular weight excluding hydrogens is 216 g/mol. The summed E-state index contributed by atoms with van der Waals surface area (Å²) < 4.78 is 1.85. The van der Waals surface area contributed by atoms with Crippen LogP contribution in [0.3, 0.4) is 0 Å². The second kappa shape index (κ2) is 3.66. The fraction of sp³-hybridized carbons (Fsp3) is 0.154. The first kappa shape index (κ1) is 9.96. The van der Waals surface area contributed by atoms with Crippen molar-refractivity contribution < 1.29 is 9.90 Å². The fourth-order valence-corrected chi connectivity index (χ4v) is 2.38. The summed E-state index contributed by atoms with van der Waals surface area (Å²) in [6.45, 7) is 0.749. The molecule has 2 N–H and O–H groups in total. The highest BCUT2D eigenvalue weighted by Crippen LogP contribution is 2.28.